The van der Waals surface area contributed by atoms with Crippen LogP contribution in [0.25, 0.3) is 10.9 Å². The minimum atomic E-state index is 0. The summed E-state index contributed by atoms with van der Waals surface area (Å²) in [4.78, 5) is 0. The van der Waals surface area contributed by atoms with Gasteiger partial charge in [-0.3, -0.25) is 0 Å². The SMILES string of the molecule is Cc1ccc2c(c1)c1c3n2CCNC3CCCC1.Cl. The molecule has 0 bridgehead atoms. The Hall–Kier alpha value is -0.990. The summed E-state index contributed by atoms with van der Waals surface area (Å²) in [5.74, 6) is 0. The van der Waals surface area contributed by atoms with E-state index in [1.807, 2.05) is 0 Å². The lowest BCUT2D eigenvalue weighted by Crippen LogP contribution is -2.33. The Labute approximate surface area is 120 Å². The highest BCUT2D eigenvalue weighted by Gasteiger charge is 2.28. The van der Waals surface area contributed by atoms with Crippen molar-refractivity contribution in [2.75, 3.05) is 6.54 Å². The molecule has 0 amide bonds. The fourth-order valence-electron chi connectivity index (χ4n) is 3.80. The van der Waals surface area contributed by atoms with Crippen LogP contribution in [0.2, 0.25) is 0 Å². The van der Waals surface area contributed by atoms with Crippen molar-refractivity contribution < 1.29 is 0 Å². The van der Waals surface area contributed by atoms with Crippen LogP contribution in [0.3, 0.4) is 0 Å². The molecule has 1 aromatic carbocycles. The first kappa shape index (κ1) is 13.0. The predicted octanol–water partition coefficient (Wildman–Crippen LogP) is 3.74. The van der Waals surface area contributed by atoms with Gasteiger partial charge in [-0.15, -0.1) is 12.4 Å². The Bertz CT molecular complexity index is 615. The number of rotatable bonds is 0. The molecule has 4 rings (SSSR count). The number of benzene rings is 1. The van der Waals surface area contributed by atoms with E-state index < -0.39 is 0 Å². The van der Waals surface area contributed by atoms with E-state index in [1.54, 1.807) is 11.3 Å². The monoisotopic (exact) mass is 276 g/mol. The maximum atomic E-state index is 3.71. The van der Waals surface area contributed by atoms with E-state index in [1.165, 1.54) is 42.1 Å². The van der Waals surface area contributed by atoms with Gasteiger partial charge in [-0.05, 0) is 43.9 Å². The Kier molecular flexibility index (Phi) is 3.32. The van der Waals surface area contributed by atoms with Gasteiger partial charge in [-0.2, -0.15) is 0 Å². The Morgan fingerprint density at radius 1 is 1.26 bits per heavy atom. The van der Waals surface area contributed by atoms with Crippen LogP contribution in [0.1, 0.15) is 42.1 Å². The number of halogens is 1. The second kappa shape index (κ2) is 4.84. The third-order valence-electron chi connectivity index (χ3n) is 4.59. The summed E-state index contributed by atoms with van der Waals surface area (Å²) in [6.45, 7) is 4.45. The molecule has 2 aliphatic rings. The molecule has 1 aliphatic carbocycles. The fourth-order valence-corrected chi connectivity index (χ4v) is 3.80. The Balaban J connectivity index is 0.00000110. The van der Waals surface area contributed by atoms with Crippen LogP contribution in [0.5, 0.6) is 0 Å². The highest BCUT2D eigenvalue weighted by molar-refractivity contribution is 5.87. The number of hydrogen-bond donors (Lipinski definition) is 1. The number of nitrogens with zero attached hydrogens (tertiary/aromatic N) is 1. The van der Waals surface area contributed by atoms with Gasteiger partial charge in [0.15, 0.2) is 0 Å². The summed E-state index contributed by atoms with van der Waals surface area (Å²) in [6, 6.07) is 7.56. The van der Waals surface area contributed by atoms with Gasteiger partial charge in [-0.25, -0.2) is 0 Å². The summed E-state index contributed by atoms with van der Waals surface area (Å²) < 4.78 is 2.58. The van der Waals surface area contributed by atoms with Crippen molar-refractivity contribution in [1.82, 2.24) is 9.88 Å². The van der Waals surface area contributed by atoms with Crippen molar-refractivity contribution in [2.45, 2.75) is 45.2 Å². The smallest absolute Gasteiger partial charge is 0.0486 e. The molecule has 2 heterocycles. The van der Waals surface area contributed by atoms with Gasteiger partial charge >= 0.3 is 0 Å². The average Bonchev–Trinajstić information content (AvgIpc) is 2.56. The van der Waals surface area contributed by atoms with Crippen LogP contribution in [0.4, 0.5) is 0 Å². The molecule has 0 saturated carbocycles. The van der Waals surface area contributed by atoms with E-state index >= 15 is 0 Å². The van der Waals surface area contributed by atoms with Gasteiger partial charge in [0.2, 0.25) is 0 Å². The van der Waals surface area contributed by atoms with E-state index in [0.717, 1.165) is 13.1 Å². The third kappa shape index (κ3) is 1.89. The van der Waals surface area contributed by atoms with Crippen LogP contribution in [0.15, 0.2) is 18.2 Å². The van der Waals surface area contributed by atoms with Gasteiger partial charge in [0, 0.05) is 35.7 Å². The van der Waals surface area contributed by atoms with E-state index in [2.05, 4.69) is 35.0 Å². The second-order valence-electron chi connectivity index (χ2n) is 5.79. The van der Waals surface area contributed by atoms with Crippen LogP contribution in [-0.4, -0.2) is 11.1 Å². The van der Waals surface area contributed by atoms with Crippen molar-refractivity contribution in [3.63, 3.8) is 0 Å². The molecule has 2 aromatic rings. The van der Waals surface area contributed by atoms with Crippen molar-refractivity contribution in [1.29, 1.82) is 0 Å². The van der Waals surface area contributed by atoms with Crippen molar-refractivity contribution >= 4 is 23.3 Å². The maximum absolute atomic E-state index is 3.71. The topological polar surface area (TPSA) is 17.0 Å². The lowest BCUT2D eigenvalue weighted by atomic mass is 10.0. The summed E-state index contributed by atoms with van der Waals surface area (Å²) in [6.07, 6.45) is 5.28. The van der Waals surface area contributed by atoms with E-state index in [0.29, 0.717) is 6.04 Å². The normalized spacial score (nSPS) is 21.6. The van der Waals surface area contributed by atoms with Gasteiger partial charge < -0.3 is 9.88 Å². The molecule has 0 spiro atoms. The zero-order valence-electron chi connectivity index (χ0n) is 11.4. The highest BCUT2D eigenvalue weighted by Crippen LogP contribution is 2.38. The first-order valence-electron chi connectivity index (χ1n) is 7.19. The maximum Gasteiger partial charge on any atom is 0.0486 e. The first-order chi connectivity index (χ1) is 8.84. The van der Waals surface area contributed by atoms with Crippen LogP contribution >= 0.6 is 12.4 Å². The van der Waals surface area contributed by atoms with E-state index in [9.17, 15) is 0 Å². The Morgan fingerprint density at radius 2 is 2.16 bits per heavy atom. The largest absolute Gasteiger partial charge is 0.342 e. The molecule has 0 fully saturated rings. The average molecular weight is 277 g/mol. The molecule has 3 heteroatoms. The van der Waals surface area contributed by atoms with Crippen LogP contribution in [-0.2, 0) is 13.0 Å². The number of fused-ring (bicyclic) bond motifs is 3. The van der Waals surface area contributed by atoms with Crippen LogP contribution in [0, 0.1) is 6.92 Å². The van der Waals surface area contributed by atoms with Gasteiger partial charge in [0.25, 0.3) is 0 Å². The molecule has 1 aromatic heterocycles. The second-order valence-corrected chi connectivity index (χ2v) is 5.79. The zero-order chi connectivity index (χ0) is 12.1. The minimum absolute atomic E-state index is 0. The van der Waals surface area contributed by atoms with Gasteiger partial charge in [-0.1, -0.05) is 18.1 Å². The van der Waals surface area contributed by atoms with E-state index in [4.69, 9.17) is 0 Å². The summed E-state index contributed by atoms with van der Waals surface area (Å²) in [5, 5.41) is 5.23. The zero-order valence-corrected chi connectivity index (χ0v) is 12.2. The van der Waals surface area contributed by atoms with Crippen molar-refractivity contribution in [3.05, 3.63) is 35.0 Å². The molecule has 1 N–H and O–H groups in total. The standard InChI is InChI=1S/C16H20N2.ClH/c1-11-6-7-15-13(10-11)12-4-2-3-5-14-16(12)18(15)9-8-17-14;/h6-7,10,14,17H,2-5,8-9H2,1H3;1H. The number of nitrogens with one attached hydrogen (secondary N) is 1. The summed E-state index contributed by atoms with van der Waals surface area (Å²) in [7, 11) is 0. The highest BCUT2D eigenvalue weighted by atomic mass is 35.5. The molecule has 1 unspecified atom stereocenters. The van der Waals surface area contributed by atoms with Gasteiger partial charge in [0.1, 0.15) is 0 Å². The van der Waals surface area contributed by atoms with Crippen molar-refractivity contribution in [2.24, 2.45) is 0 Å². The fraction of sp³-hybridized carbons (Fsp3) is 0.500. The minimum Gasteiger partial charge on any atom is -0.342 e. The summed E-state index contributed by atoms with van der Waals surface area (Å²) in [5.41, 5.74) is 6.07. The summed E-state index contributed by atoms with van der Waals surface area (Å²) >= 11 is 0. The molecular formula is C16H21ClN2. The van der Waals surface area contributed by atoms with Crippen LogP contribution < -0.4 is 5.32 Å². The molecular weight excluding hydrogens is 256 g/mol. The molecule has 1 aliphatic heterocycles. The molecule has 2 nitrogen and oxygen atoms in total. The molecule has 0 saturated heterocycles. The number of aryl methyl sites for hydroxylation is 2. The lowest BCUT2D eigenvalue weighted by Gasteiger charge is -2.26. The van der Waals surface area contributed by atoms with Gasteiger partial charge in [0.05, 0.1) is 0 Å². The molecule has 19 heavy (non-hydrogen) atoms. The lowest BCUT2D eigenvalue weighted by molar-refractivity contribution is 0.409. The molecule has 0 radical (unpaired) electrons. The third-order valence-corrected chi connectivity index (χ3v) is 4.59. The van der Waals surface area contributed by atoms with Crippen molar-refractivity contribution in [3.8, 4) is 0 Å². The molecule has 102 valence electrons. The molecule has 1 atom stereocenters. The van der Waals surface area contributed by atoms with E-state index in [-0.39, 0.29) is 12.4 Å². The Morgan fingerprint density at radius 3 is 3.05 bits per heavy atom. The first-order valence-corrected chi connectivity index (χ1v) is 7.19. The quantitative estimate of drug-likeness (QED) is 0.776. The number of aromatic nitrogens is 1. The predicted molar refractivity (Wildman–Crippen MR) is 82.2 cm³/mol. The number of hydrogen-bond acceptors (Lipinski definition) is 1.